The Kier molecular flexibility index (Phi) is 2.75. The highest BCUT2D eigenvalue weighted by atomic mass is 35.5. The molecule has 2 rings (SSSR count). The third-order valence-electron chi connectivity index (χ3n) is 2.01. The summed E-state index contributed by atoms with van der Waals surface area (Å²) in [5.74, 6) is -0.125. The van der Waals surface area contributed by atoms with Crippen LogP contribution in [0.3, 0.4) is 0 Å². The van der Waals surface area contributed by atoms with Crippen LogP contribution in [0, 0.1) is 5.82 Å². The highest BCUT2D eigenvalue weighted by Crippen LogP contribution is 2.25. The first-order chi connectivity index (χ1) is 7.16. The number of benzene rings is 1. The van der Waals surface area contributed by atoms with Crippen molar-refractivity contribution in [2.75, 3.05) is 0 Å². The topological polar surface area (TPSA) is 33.4 Å². The van der Waals surface area contributed by atoms with Gasteiger partial charge in [0, 0.05) is 5.02 Å². The van der Waals surface area contributed by atoms with Gasteiger partial charge < -0.3 is 9.52 Å². The standard InChI is InChI=1S/C11H8ClFO2/c12-8-4-7(5-9(13)6-8)11(14)10-2-1-3-15-10/h1-6,11,14H. The first kappa shape index (κ1) is 10.2. The first-order valence-electron chi connectivity index (χ1n) is 4.34. The summed E-state index contributed by atoms with van der Waals surface area (Å²) in [6, 6.07) is 7.17. The second kappa shape index (κ2) is 4.04. The number of hydrogen-bond acceptors (Lipinski definition) is 2. The van der Waals surface area contributed by atoms with Crippen LogP contribution in [0.2, 0.25) is 5.02 Å². The fourth-order valence-electron chi connectivity index (χ4n) is 1.34. The molecule has 0 spiro atoms. The molecule has 0 fully saturated rings. The zero-order valence-electron chi connectivity index (χ0n) is 7.65. The zero-order valence-corrected chi connectivity index (χ0v) is 8.41. The summed E-state index contributed by atoms with van der Waals surface area (Å²) in [7, 11) is 0. The van der Waals surface area contributed by atoms with Crippen LogP contribution >= 0.6 is 11.6 Å². The van der Waals surface area contributed by atoms with Crippen LogP contribution in [0.25, 0.3) is 0 Å². The number of aliphatic hydroxyl groups excluding tert-OH is 1. The van der Waals surface area contributed by atoms with Crippen LogP contribution in [0.15, 0.2) is 41.0 Å². The molecule has 4 heteroatoms. The monoisotopic (exact) mass is 226 g/mol. The quantitative estimate of drug-likeness (QED) is 0.853. The Labute approximate surface area is 90.9 Å². The van der Waals surface area contributed by atoms with Gasteiger partial charge in [0.05, 0.1) is 6.26 Å². The van der Waals surface area contributed by atoms with E-state index < -0.39 is 11.9 Å². The molecule has 1 atom stereocenters. The summed E-state index contributed by atoms with van der Waals surface area (Å²) in [4.78, 5) is 0. The van der Waals surface area contributed by atoms with Crippen LogP contribution < -0.4 is 0 Å². The Hall–Kier alpha value is -1.32. The summed E-state index contributed by atoms with van der Waals surface area (Å²) in [6.07, 6.45) is 0.451. The Bertz CT molecular complexity index is 433. The predicted octanol–water partition coefficient (Wildman–Crippen LogP) is 3.15. The molecule has 0 bridgehead atoms. The van der Waals surface area contributed by atoms with Gasteiger partial charge in [0.1, 0.15) is 17.7 Å². The Morgan fingerprint density at radius 3 is 2.73 bits per heavy atom. The second-order valence-electron chi connectivity index (χ2n) is 3.12. The molecule has 1 aromatic carbocycles. The van der Waals surface area contributed by atoms with Crippen molar-refractivity contribution >= 4 is 11.6 Å². The highest BCUT2D eigenvalue weighted by Gasteiger charge is 2.14. The predicted molar refractivity (Wildman–Crippen MR) is 54.2 cm³/mol. The van der Waals surface area contributed by atoms with Gasteiger partial charge in [-0.25, -0.2) is 4.39 Å². The van der Waals surface area contributed by atoms with Crippen molar-refractivity contribution in [1.29, 1.82) is 0 Å². The normalized spacial score (nSPS) is 12.7. The van der Waals surface area contributed by atoms with Crippen molar-refractivity contribution in [2.45, 2.75) is 6.10 Å². The van der Waals surface area contributed by atoms with Crippen LogP contribution in [-0.2, 0) is 0 Å². The maximum Gasteiger partial charge on any atom is 0.137 e. The molecule has 0 saturated heterocycles. The van der Waals surface area contributed by atoms with Crippen LogP contribution in [-0.4, -0.2) is 5.11 Å². The fourth-order valence-corrected chi connectivity index (χ4v) is 1.57. The van der Waals surface area contributed by atoms with Crippen molar-refractivity contribution in [3.8, 4) is 0 Å². The summed E-state index contributed by atoms with van der Waals surface area (Å²) in [5, 5.41) is 10.1. The molecule has 0 amide bonds. The van der Waals surface area contributed by atoms with Gasteiger partial charge in [-0.15, -0.1) is 0 Å². The number of furan rings is 1. The average molecular weight is 227 g/mol. The molecular weight excluding hydrogens is 219 g/mol. The van der Waals surface area contributed by atoms with E-state index in [1.165, 1.54) is 24.5 Å². The molecule has 0 aliphatic heterocycles. The van der Waals surface area contributed by atoms with E-state index in [0.29, 0.717) is 11.3 Å². The second-order valence-corrected chi connectivity index (χ2v) is 3.56. The van der Waals surface area contributed by atoms with Gasteiger partial charge in [-0.05, 0) is 35.9 Å². The maximum atomic E-state index is 13.0. The number of hydrogen-bond donors (Lipinski definition) is 1. The molecular formula is C11H8ClFO2. The lowest BCUT2D eigenvalue weighted by Gasteiger charge is -2.08. The third kappa shape index (κ3) is 2.19. The zero-order chi connectivity index (χ0) is 10.8. The van der Waals surface area contributed by atoms with E-state index in [9.17, 15) is 9.50 Å². The third-order valence-corrected chi connectivity index (χ3v) is 2.23. The van der Waals surface area contributed by atoms with Crippen molar-refractivity contribution in [1.82, 2.24) is 0 Å². The summed E-state index contributed by atoms with van der Waals surface area (Å²) in [5.41, 5.74) is 0.370. The minimum Gasteiger partial charge on any atom is -0.466 e. The van der Waals surface area contributed by atoms with E-state index in [-0.39, 0.29) is 5.02 Å². The molecule has 0 radical (unpaired) electrons. The SMILES string of the molecule is OC(c1cc(F)cc(Cl)c1)c1ccco1. The number of halogens is 2. The Balaban J connectivity index is 2.37. The van der Waals surface area contributed by atoms with Crippen molar-refractivity contribution in [3.63, 3.8) is 0 Å². The van der Waals surface area contributed by atoms with Crippen LogP contribution in [0.4, 0.5) is 4.39 Å². The van der Waals surface area contributed by atoms with E-state index in [4.69, 9.17) is 16.0 Å². The molecule has 1 unspecified atom stereocenters. The van der Waals surface area contributed by atoms with Gasteiger partial charge in [0.2, 0.25) is 0 Å². The van der Waals surface area contributed by atoms with E-state index in [1.807, 2.05) is 0 Å². The van der Waals surface area contributed by atoms with Gasteiger partial charge in [-0.1, -0.05) is 11.6 Å². The average Bonchev–Trinajstić information content (AvgIpc) is 2.67. The molecule has 2 aromatic rings. The van der Waals surface area contributed by atoms with Gasteiger partial charge in [-0.2, -0.15) is 0 Å². The Morgan fingerprint density at radius 1 is 1.33 bits per heavy atom. The van der Waals surface area contributed by atoms with E-state index in [1.54, 1.807) is 12.1 Å². The largest absolute Gasteiger partial charge is 0.466 e. The smallest absolute Gasteiger partial charge is 0.137 e. The highest BCUT2D eigenvalue weighted by molar-refractivity contribution is 6.30. The molecule has 0 saturated carbocycles. The van der Waals surface area contributed by atoms with E-state index in [0.717, 1.165) is 0 Å². The Morgan fingerprint density at radius 2 is 2.13 bits per heavy atom. The molecule has 0 aliphatic carbocycles. The molecule has 1 aromatic heterocycles. The van der Waals surface area contributed by atoms with Crippen molar-refractivity contribution < 1.29 is 13.9 Å². The fraction of sp³-hybridized carbons (Fsp3) is 0.0909. The lowest BCUT2D eigenvalue weighted by molar-refractivity contribution is 0.189. The molecule has 78 valence electrons. The van der Waals surface area contributed by atoms with E-state index >= 15 is 0 Å². The molecule has 1 N–H and O–H groups in total. The minimum absolute atomic E-state index is 0.246. The first-order valence-corrected chi connectivity index (χ1v) is 4.72. The molecule has 1 heterocycles. The summed E-state index contributed by atoms with van der Waals surface area (Å²) in [6.45, 7) is 0. The lowest BCUT2D eigenvalue weighted by Crippen LogP contribution is -1.98. The van der Waals surface area contributed by atoms with Crippen molar-refractivity contribution in [2.24, 2.45) is 0 Å². The van der Waals surface area contributed by atoms with Crippen LogP contribution in [0.5, 0.6) is 0 Å². The van der Waals surface area contributed by atoms with Crippen LogP contribution in [0.1, 0.15) is 17.4 Å². The van der Waals surface area contributed by atoms with E-state index in [2.05, 4.69) is 0 Å². The van der Waals surface area contributed by atoms with Gasteiger partial charge >= 0.3 is 0 Å². The summed E-state index contributed by atoms with van der Waals surface area (Å²) < 4.78 is 18.0. The molecule has 2 nitrogen and oxygen atoms in total. The number of aliphatic hydroxyl groups is 1. The molecule has 15 heavy (non-hydrogen) atoms. The summed E-state index contributed by atoms with van der Waals surface area (Å²) >= 11 is 5.67. The molecule has 0 aliphatic rings. The maximum absolute atomic E-state index is 13.0. The van der Waals surface area contributed by atoms with Gasteiger partial charge in [-0.3, -0.25) is 0 Å². The van der Waals surface area contributed by atoms with Gasteiger partial charge in [0.25, 0.3) is 0 Å². The van der Waals surface area contributed by atoms with Gasteiger partial charge in [0.15, 0.2) is 0 Å². The lowest BCUT2D eigenvalue weighted by atomic mass is 10.1. The number of rotatable bonds is 2. The minimum atomic E-state index is -0.992. The van der Waals surface area contributed by atoms with Crippen molar-refractivity contribution in [3.05, 3.63) is 58.8 Å².